The summed E-state index contributed by atoms with van der Waals surface area (Å²) in [7, 11) is 0. The number of carbonyl (C=O) groups is 3. The standard InChI is InChI=1S/C31H27ClN2O3/c1-30(2,3)28(36)26-25(27(35)19-12-15-20(32)16-13-19)31(21-9-5-6-10-22(21)33-29(31)37)24-17-14-18-8-4-7-11-23(18)34(24)26/h4-17,24-26H,1-3H3,(H,33,37). The fraction of sp³-hybridized carbons (Fsp3) is 0.258. The van der Waals surface area contributed by atoms with Crippen molar-refractivity contribution in [1.29, 1.82) is 0 Å². The van der Waals surface area contributed by atoms with Crippen molar-refractivity contribution in [3.63, 3.8) is 0 Å². The van der Waals surface area contributed by atoms with Crippen LogP contribution in [0.1, 0.15) is 42.3 Å². The minimum Gasteiger partial charge on any atom is -0.352 e. The van der Waals surface area contributed by atoms with E-state index in [9.17, 15) is 14.4 Å². The number of hydrogen-bond acceptors (Lipinski definition) is 4. The number of anilines is 2. The highest BCUT2D eigenvalue weighted by Crippen LogP contribution is 2.58. The van der Waals surface area contributed by atoms with Crippen LogP contribution in [0.15, 0.2) is 78.9 Å². The van der Waals surface area contributed by atoms with Crippen LogP contribution in [0.25, 0.3) is 6.08 Å². The second-order valence-corrected chi connectivity index (χ2v) is 11.5. The molecule has 3 aromatic carbocycles. The van der Waals surface area contributed by atoms with Gasteiger partial charge in [-0.3, -0.25) is 14.4 Å². The van der Waals surface area contributed by atoms with E-state index >= 15 is 0 Å². The molecule has 0 saturated carbocycles. The lowest BCUT2D eigenvalue weighted by Gasteiger charge is -2.38. The van der Waals surface area contributed by atoms with Gasteiger partial charge in [0.1, 0.15) is 11.5 Å². The number of hydrogen-bond donors (Lipinski definition) is 1. The van der Waals surface area contributed by atoms with Gasteiger partial charge in [-0.2, -0.15) is 0 Å². The molecule has 3 aromatic rings. The molecule has 0 bridgehead atoms. The molecular formula is C31H27ClN2O3. The van der Waals surface area contributed by atoms with E-state index in [2.05, 4.69) is 5.32 Å². The number of nitrogens with zero attached hydrogens (tertiary/aromatic N) is 1. The minimum atomic E-state index is -1.29. The summed E-state index contributed by atoms with van der Waals surface area (Å²) < 4.78 is 0. The largest absolute Gasteiger partial charge is 0.352 e. The lowest BCUT2D eigenvalue weighted by Crippen LogP contribution is -2.51. The molecule has 1 N–H and O–H groups in total. The van der Waals surface area contributed by atoms with Crippen molar-refractivity contribution in [2.75, 3.05) is 10.2 Å². The molecule has 6 heteroatoms. The van der Waals surface area contributed by atoms with Crippen LogP contribution in [0.5, 0.6) is 0 Å². The number of carbonyl (C=O) groups excluding carboxylic acids is 3. The van der Waals surface area contributed by atoms with E-state index in [-0.39, 0.29) is 17.5 Å². The van der Waals surface area contributed by atoms with Gasteiger partial charge in [-0.05, 0) is 47.5 Å². The first kappa shape index (κ1) is 23.7. The van der Waals surface area contributed by atoms with Crippen molar-refractivity contribution in [3.05, 3.63) is 101 Å². The van der Waals surface area contributed by atoms with Gasteiger partial charge >= 0.3 is 0 Å². The normalized spacial score (nSPS) is 25.5. The van der Waals surface area contributed by atoms with Gasteiger partial charge in [0.2, 0.25) is 5.91 Å². The van der Waals surface area contributed by atoms with Gasteiger partial charge < -0.3 is 10.2 Å². The Morgan fingerprint density at radius 3 is 2.35 bits per heavy atom. The van der Waals surface area contributed by atoms with Gasteiger partial charge in [-0.15, -0.1) is 0 Å². The average Bonchev–Trinajstić information content (AvgIpc) is 3.36. The van der Waals surface area contributed by atoms with E-state index in [0.717, 1.165) is 16.8 Å². The fourth-order valence-electron chi connectivity index (χ4n) is 6.36. The van der Waals surface area contributed by atoms with Crippen LogP contribution in [0, 0.1) is 11.3 Å². The molecule has 1 amide bonds. The number of halogens is 1. The molecule has 0 aromatic heterocycles. The van der Waals surface area contributed by atoms with E-state index in [1.807, 2.05) is 86.4 Å². The van der Waals surface area contributed by atoms with Crippen LogP contribution in [0.2, 0.25) is 5.02 Å². The number of ketones is 2. The zero-order valence-corrected chi connectivity index (χ0v) is 21.6. The Hall–Kier alpha value is -3.70. The second kappa shape index (κ2) is 8.15. The fourth-order valence-corrected chi connectivity index (χ4v) is 6.48. The van der Waals surface area contributed by atoms with Gasteiger partial charge in [0.25, 0.3) is 0 Å². The summed E-state index contributed by atoms with van der Waals surface area (Å²) >= 11 is 6.13. The number of amides is 1. The number of Topliss-reactive ketones (excluding diaryl/α,β-unsaturated/α-hetero) is 2. The van der Waals surface area contributed by atoms with E-state index in [4.69, 9.17) is 11.6 Å². The van der Waals surface area contributed by atoms with Crippen LogP contribution in [0.3, 0.4) is 0 Å². The molecule has 3 aliphatic heterocycles. The monoisotopic (exact) mass is 510 g/mol. The lowest BCUT2D eigenvalue weighted by atomic mass is 9.63. The Bertz CT molecular complexity index is 1490. The molecule has 3 heterocycles. The van der Waals surface area contributed by atoms with E-state index in [1.54, 1.807) is 24.3 Å². The number of nitrogens with one attached hydrogen (secondary N) is 1. The zero-order valence-electron chi connectivity index (χ0n) is 20.9. The summed E-state index contributed by atoms with van der Waals surface area (Å²) in [5.41, 5.74) is 1.61. The summed E-state index contributed by atoms with van der Waals surface area (Å²) in [4.78, 5) is 45.1. The molecule has 1 fully saturated rings. The first-order valence-electron chi connectivity index (χ1n) is 12.5. The highest BCUT2D eigenvalue weighted by atomic mass is 35.5. The summed E-state index contributed by atoms with van der Waals surface area (Å²) in [5.74, 6) is -1.54. The van der Waals surface area contributed by atoms with Crippen LogP contribution < -0.4 is 10.2 Å². The maximum absolute atomic E-state index is 14.5. The Kier molecular flexibility index (Phi) is 5.22. The molecule has 37 heavy (non-hydrogen) atoms. The summed E-state index contributed by atoms with van der Waals surface area (Å²) in [6, 6.07) is 20.7. The van der Waals surface area contributed by atoms with Gasteiger partial charge in [-0.25, -0.2) is 0 Å². The van der Waals surface area contributed by atoms with E-state index < -0.39 is 28.8 Å². The van der Waals surface area contributed by atoms with Crippen molar-refractivity contribution < 1.29 is 14.4 Å². The molecule has 0 radical (unpaired) electrons. The van der Waals surface area contributed by atoms with Crippen molar-refractivity contribution >= 4 is 46.5 Å². The number of para-hydroxylation sites is 2. The van der Waals surface area contributed by atoms with Crippen molar-refractivity contribution in [2.24, 2.45) is 11.3 Å². The SMILES string of the molecule is CC(C)(C)C(=O)C1C(C(=O)c2ccc(Cl)cc2)C2(C(=O)Nc3ccccc32)C2C=Cc3ccccc3N12. The third kappa shape index (κ3) is 3.27. The Morgan fingerprint density at radius 2 is 1.62 bits per heavy atom. The molecule has 4 atom stereocenters. The van der Waals surface area contributed by atoms with Gasteiger partial charge in [0.05, 0.1) is 12.0 Å². The predicted molar refractivity (Wildman–Crippen MR) is 146 cm³/mol. The molecule has 6 rings (SSSR count). The maximum Gasteiger partial charge on any atom is 0.238 e. The first-order valence-corrected chi connectivity index (χ1v) is 12.8. The Morgan fingerprint density at radius 1 is 0.946 bits per heavy atom. The highest BCUT2D eigenvalue weighted by Gasteiger charge is 2.70. The van der Waals surface area contributed by atoms with Crippen LogP contribution in [-0.4, -0.2) is 29.6 Å². The lowest BCUT2D eigenvalue weighted by molar-refractivity contribution is -0.128. The van der Waals surface area contributed by atoms with E-state index in [0.29, 0.717) is 16.3 Å². The maximum atomic E-state index is 14.5. The molecule has 186 valence electrons. The van der Waals surface area contributed by atoms with Crippen molar-refractivity contribution in [3.8, 4) is 0 Å². The Balaban J connectivity index is 1.68. The molecule has 4 unspecified atom stereocenters. The topological polar surface area (TPSA) is 66.5 Å². The third-order valence-electron chi connectivity index (χ3n) is 7.96. The zero-order chi connectivity index (χ0) is 26.1. The average molecular weight is 511 g/mol. The van der Waals surface area contributed by atoms with Gasteiger partial charge in [-0.1, -0.05) is 80.9 Å². The van der Waals surface area contributed by atoms with Crippen molar-refractivity contribution in [1.82, 2.24) is 0 Å². The second-order valence-electron chi connectivity index (χ2n) is 11.0. The molecule has 1 saturated heterocycles. The molecule has 3 aliphatic rings. The van der Waals surface area contributed by atoms with Crippen molar-refractivity contribution in [2.45, 2.75) is 38.3 Å². The number of rotatable bonds is 3. The van der Waals surface area contributed by atoms with Crippen LogP contribution >= 0.6 is 11.6 Å². The molecule has 1 spiro atoms. The summed E-state index contributed by atoms with van der Waals surface area (Å²) in [6.07, 6.45) is 3.99. The smallest absolute Gasteiger partial charge is 0.238 e. The van der Waals surface area contributed by atoms with Crippen LogP contribution in [-0.2, 0) is 15.0 Å². The van der Waals surface area contributed by atoms with Gasteiger partial charge in [0.15, 0.2) is 11.6 Å². The third-order valence-corrected chi connectivity index (χ3v) is 8.21. The first-order chi connectivity index (χ1) is 17.7. The summed E-state index contributed by atoms with van der Waals surface area (Å²) in [6.45, 7) is 5.61. The molecular weight excluding hydrogens is 484 g/mol. The number of benzene rings is 3. The van der Waals surface area contributed by atoms with Crippen LogP contribution in [0.4, 0.5) is 11.4 Å². The highest BCUT2D eigenvalue weighted by molar-refractivity contribution is 6.30. The van der Waals surface area contributed by atoms with Gasteiger partial charge in [0, 0.05) is 27.4 Å². The number of fused-ring (bicyclic) bond motifs is 6. The molecule has 0 aliphatic carbocycles. The molecule has 5 nitrogen and oxygen atoms in total. The van der Waals surface area contributed by atoms with E-state index in [1.165, 1.54) is 0 Å². The predicted octanol–water partition coefficient (Wildman–Crippen LogP) is 5.93. The Labute approximate surface area is 221 Å². The summed E-state index contributed by atoms with van der Waals surface area (Å²) in [5, 5.41) is 3.56. The minimum absolute atomic E-state index is 0.0797. The quantitative estimate of drug-likeness (QED) is 0.443.